The van der Waals surface area contributed by atoms with E-state index in [2.05, 4.69) is 10.3 Å². The molecule has 1 unspecified atom stereocenters. The van der Waals surface area contributed by atoms with Gasteiger partial charge in [-0.05, 0) is 56.5 Å². The second-order valence-corrected chi connectivity index (χ2v) is 8.61. The van der Waals surface area contributed by atoms with Crippen molar-refractivity contribution in [3.63, 3.8) is 0 Å². The molecule has 8 nitrogen and oxygen atoms in total. The molecule has 0 radical (unpaired) electrons. The zero-order valence-electron chi connectivity index (χ0n) is 19.1. The first-order chi connectivity index (χ1) is 16.0. The largest absolute Gasteiger partial charge is 0.492 e. The van der Waals surface area contributed by atoms with Gasteiger partial charge in [0.05, 0.1) is 18.2 Å². The standard InChI is InChI=1S/C25H30N4O4/c1-3-33-21-7-5-4-6-20(21)29-16-19(15-23(29)30)25(32)28-12-9-18(10-13-28)24(31)27-22-14-17(2)8-11-26-22/h4-8,11,14,18-19H,3,9-10,12-13,15-16H2,1-2H3,(H,26,27,31). The lowest BCUT2D eigenvalue weighted by Gasteiger charge is -2.32. The molecule has 2 aromatic rings. The number of hydrogen-bond donors (Lipinski definition) is 1. The molecule has 1 aromatic heterocycles. The van der Waals surface area contributed by atoms with Gasteiger partial charge in [0.15, 0.2) is 0 Å². The van der Waals surface area contributed by atoms with Crippen LogP contribution < -0.4 is 15.0 Å². The number of rotatable bonds is 6. The van der Waals surface area contributed by atoms with E-state index in [9.17, 15) is 14.4 Å². The topological polar surface area (TPSA) is 91.8 Å². The van der Waals surface area contributed by atoms with Gasteiger partial charge in [0.25, 0.3) is 0 Å². The van der Waals surface area contributed by atoms with Gasteiger partial charge in [-0.3, -0.25) is 14.4 Å². The molecule has 2 saturated heterocycles. The number of anilines is 2. The Morgan fingerprint density at radius 3 is 2.64 bits per heavy atom. The summed E-state index contributed by atoms with van der Waals surface area (Å²) in [6, 6.07) is 11.1. The molecule has 0 saturated carbocycles. The van der Waals surface area contributed by atoms with Gasteiger partial charge in [0.2, 0.25) is 17.7 Å². The Morgan fingerprint density at radius 1 is 1.15 bits per heavy atom. The van der Waals surface area contributed by atoms with Crippen LogP contribution in [-0.4, -0.2) is 53.8 Å². The highest BCUT2D eigenvalue weighted by Gasteiger charge is 2.39. The Labute approximate surface area is 193 Å². The number of likely N-dealkylation sites (tertiary alicyclic amines) is 1. The van der Waals surface area contributed by atoms with Gasteiger partial charge in [0.1, 0.15) is 11.6 Å². The van der Waals surface area contributed by atoms with Crippen LogP contribution in [0.3, 0.4) is 0 Å². The summed E-state index contributed by atoms with van der Waals surface area (Å²) in [6.07, 6.45) is 3.06. The fraction of sp³-hybridized carbons (Fsp3) is 0.440. The first-order valence-electron chi connectivity index (χ1n) is 11.5. The number of aromatic nitrogens is 1. The molecule has 2 aliphatic heterocycles. The minimum absolute atomic E-state index is 0.0149. The Balaban J connectivity index is 1.33. The van der Waals surface area contributed by atoms with Crippen LogP contribution >= 0.6 is 0 Å². The Hall–Kier alpha value is -3.42. The van der Waals surface area contributed by atoms with Crippen molar-refractivity contribution in [2.75, 3.05) is 36.5 Å². The summed E-state index contributed by atoms with van der Waals surface area (Å²) >= 11 is 0. The Bertz CT molecular complexity index is 1030. The molecule has 2 fully saturated rings. The van der Waals surface area contributed by atoms with Gasteiger partial charge in [-0.25, -0.2) is 4.98 Å². The van der Waals surface area contributed by atoms with Crippen LogP contribution in [0.15, 0.2) is 42.6 Å². The number of nitrogens with zero attached hydrogens (tertiary/aromatic N) is 3. The number of carbonyl (C=O) groups excluding carboxylic acids is 3. The molecule has 3 amide bonds. The number of amides is 3. The van der Waals surface area contributed by atoms with E-state index in [0.29, 0.717) is 56.3 Å². The first kappa shape index (κ1) is 22.8. The molecule has 2 aliphatic rings. The molecule has 0 aliphatic carbocycles. The van der Waals surface area contributed by atoms with Gasteiger partial charge in [-0.2, -0.15) is 0 Å². The minimum atomic E-state index is -0.381. The van der Waals surface area contributed by atoms with Gasteiger partial charge < -0.3 is 19.9 Å². The molecular formula is C25H30N4O4. The molecule has 0 spiro atoms. The zero-order chi connectivity index (χ0) is 23.4. The molecule has 8 heteroatoms. The Kier molecular flexibility index (Phi) is 6.91. The van der Waals surface area contributed by atoms with E-state index in [1.165, 1.54) is 0 Å². The number of aryl methyl sites for hydroxylation is 1. The highest BCUT2D eigenvalue weighted by atomic mass is 16.5. The van der Waals surface area contributed by atoms with Crippen LogP contribution in [0.25, 0.3) is 0 Å². The van der Waals surface area contributed by atoms with Gasteiger partial charge in [-0.1, -0.05) is 12.1 Å². The van der Waals surface area contributed by atoms with Crippen LogP contribution in [-0.2, 0) is 14.4 Å². The number of hydrogen-bond acceptors (Lipinski definition) is 5. The smallest absolute Gasteiger partial charge is 0.228 e. The van der Waals surface area contributed by atoms with Gasteiger partial charge in [-0.15, -0.1) is 0 Å². The molecule has 174 valence electrons. The highest BCUT2D eigenvalue weighted by Crippen LogP contribution is 2.34. The number of nitrogens with one attached hydrogen (secondary N) is 1. The van der Waals surface area contributed by atoms with E-state index in [-0.39, 0.29) is 36.0 Å². The number of pyridine rings is 1. The molecule has 1 N–H and O–H groups in total. The molecule has 3 heterocycles. The van der Waals surface area contributed by atoms with Crippen LogP contribution in [0.5, 0.6) is 5.75 Å². The van der Waals surface area contributed by atoms with E-state index >= 15 is 0 Å². The maximum absolute atomic E-state index is 13.1. The van der Waals surface area contributed by atoms with Gasteiger partial charge >= 0.3 is 0 Å². The molecular weight excluding hydrogens is 420 g/mol. The van der Waals surface area contributed by atoms with Crippen molar-refractivity contribution in [2.24, 2.45) is 11.8 Å². The summed E-state index contributed by atoms with van der Waals surface area (Å²) in [6.45, 7) is 5.73. The summed E-state index contributed by atoms with van der Waals surface area (Å²) in [4.78, 5) is 46.1. The summed E-state index contributed by atoms with van der Waals surface area (Å²) in [7, 11) is 0. The van der Waals surface area contributed by atoms with Crippen molar-refractivity contribution in [3.05, 3.63) is 48.2 Å². The molecule has 1 aromatic carbocycles. The average Bonchev–Trinajstić information content (AvgIpc) is 3.20. The fourth-order valence-electron chi connectivity index (χ4n) is 4.52. The number of benzene rings is 1. The van der Waals surface area contributed by atoms with E-state index < -0.39 is 0 Å². The zero-order valence-corrected chi connectivity index (χ0v) is 19.1. The lowest BCUT2D eigenvalue weighted by Crippen LogP contribution is -2.44. The van der Waals surface area contributed by atoms with Gasteiger partial charge in [0, 0.05) is 38.2 Å². The molecule has 4 rings (SSSR count). The van der Waals surface area contributed by atoms with Crippen LogP contribution in [0.4, 0.5) is 11.5 Å². The lowest BCUT2D eigenvalue weighted by atomic mass is 9.94. The Morgan fingerprint density at radius 2 is 1.91 bits per heavy atom. The number of piperidine rings is 1. The summed E-state index contributed by atoms with van der Waals surface area (Å²) in [5, 5.41) is 2.88. The van der Waals surface area contributed by atoms with Crippen molar-refractivity contribution in [3.8, 4) is 5.75 Å². The molecule has 1 atom stereocenters. The number of carbonyl (C=O) groups is 3. The summed E-state index contributed by atoms with van der Waals surface area (Å²) in [5.74, 6) is 0.520. The average molecular weight is 451 g/mol. The molecule has 0 bridgehead atoms. The van der Waals surface area contributed by atoms with E-state index in [1.807, 2.05) is 50.2 Å². The SMILES string of the molecule is CCOc1ccccc1N1CC(C(=O)N2CCC(C(=O)Nc3cc(C)ccn3)CC2)CC1=O. The van der Waals surface area contributed by atoms with E-state index in [1.54, 1.807) is 16.0 Å². The predicted molar refractivity (Wildman–Crippen MR) is 125 cm³/mol. The maximum Gasteiger partial charge on any atom is 0.228 e. The monoisotopic (exact) mass is 450 g/mol. The normalized spacial score (nSPS) is 19.0. The van der Waals surface area contributed by atoms with Crippen molar-refractivity contribution >= 4 is 29.2 Å². The quantitative estimate of drug-likeness (QED) is 0.731. The van der Waals surface area contributed by atoms with E-state index in [0.717, 1.165) is 5.56 Å². The molecule has 33 heavy (non-hydrogen) atoms. The van der Waals surface area contributed by atoms with Crippen molar-refractivity contribution in [1.82, 2.24) is 9.88 Å². The second kappa shape index (κ2) is 10.0. The van der Waals surface area contributed by atoms with Crippen LogP contribution in [0, 0.1) is 18.8 Å². The first-order valence-corrected chi connectivity index (χ1v) is 11.5. The van der Waals surface area contributed by atoms with E-state index in [4.69, 9.17) is 4.74 Å². The number of para-hydroxylation sites is 2. The minimum Gasteiger partial charge on any atom is -0.492 e. The third-order valence-electron chi connectivity index (χ3n) is 6.27. The van der Waals surface area contributed by atoms with Crippen molar-refractivity contribution in [1.29, 1.82) is 0 Å². The lowest BCUT2D eigenvalue weighted by molar-refractivity contribution is -0.138. The third-order valence-corrected chi connectivity index (χ3v) is 6.27. The number of ether oxygens (including phenoxy) is 1. The highest BCUT2D eigenvalue weighted by molar-refractivity contribution is 6.01. The maximum atomic E-state index is 13.1. The van der Waals surface area contributed by atoms with Crippen LogP contribution in [0.1, 0.15) is 31.7 Å². The summed E-state index contributed by atoms with van der Waals surface area (Å²) < 4.78 is 5.66. The summed E-state index contributed by atoms with van der Waals surface area (Å²) in [5.41, 5.74) is 1.74. The second-order valence-electron chi connectivity index (χ2n) is 8.61. The predicted octanol–water partition coefficient (Wildman–Crippen LogP) is 3.02. The van der Waals surface area contributed by atoms with Crippen molar-refractivity contribution in [2.45, 2.75) is 33.1 Å². The fourth-order valence-corrected chi connectivity index (χ4v) is 4.52. The third kappa shape index (κ3) is 5.16. The van der Waals surface area contributed by atoms with Crippen molar-refractivity contribution < 1.29 is 19.1 Å². The van der Waals surface area contributed by atoms with Crippen LogP contribution in [0.2, 0.25) is 0 Å².